The summed E-state index contributed by atoms with van der Waals surface area (Å²) in [5.41, 5.74) is 1.68. The molecule has 1 N–H and O–H groups in total. The van der Waals surface area contributed by atoms with Gasteiger partial charge in [-0.15, -0.1) is 0 Å². The molecule has 1 aliphatic rings. The van der Waals surface area contributed by atoms with Gasteiger partial charge in [-0.05, 0) is 47.8 Å². The minimum atomic E-state index is -0.338. The molecular weight excluding hydrogens is 273 g/mol. The molecule has 0 aliphatic heterocycles. The van der Waals surface area contributed by atoms with Crippen molar-refractivity contribution < 1.29 is 4.39 Å². The Balaban J connectivity index is 1.98. The molecule has 0 radical (unpaired) electrons. The molecule has 1 saturated carbocycles. The Morgan fingerprint density at radius 1 is 1.20 bits per heavy atom. The molecule has 1 aromatic carbocycles. The van der Waals surface area contributed by atoms with Gasteiger partial charge in [-0.3, -0.25) is 0 Å². The first-order chi connectivity index (χ1) is 9.17. The first kappa shape index (κ1) is 15.8. The van der Waals surface area contributed by atoms with E-state index in [1.165, 1.54) is 25.3 Å². The highest BCUT2D eigenvalue weighted by Crippen LogP contribution is 2.45. The van der Waals surface area contributed by atoms with Gasteiger partial charge in [0, 0.05) is 12.6 Å². The molecule has 2 rings (SSSR count). The number of hydrogen-bond donors (Lipinski definition) is 1. The third-order valence-electron chi connectivity index (χ3n) is 4.13. The van der Waals surface area contributed by atoms with Gasteiger partial charge in [-0.2, -0.15) is 0 Å². The Kier molecular flexibility index (Phi) is 4.46. The summed E-state index contributed by atoms with van der Waals surface area (Å²) in [5, 5.41) is 3.77. The van der Waals surface area contributed by atoms with Crippen molar-refractivity contribution in [3.63, 3.8) is 0 Å². The van der Waals surface area contributed by atoms with Crippen LogP contribution in [0.15, 0.2) is 18.2 Å². The third kappa shape index (κ3) is 4.20. The van der Waals surface area contributed by atoms with Crippen LogP contribution in [0.3, 0.4) is 0 Å². The highest BCUT2D eigenvalue weighted by molar-refractivity contribution is 6.30. The van der Waals surface area contributed by atoms with E-state index in [1.807, 2.05) is 6.07 Å². The first-order valence-electron chi connectivity index (χ1n) is 7.34. The van der Waals surface area contributed by atoms with Crippen molar-refractivity contribution in [2.45, 2.75) is 59.5 Å². The third-order valence-corrected chi connectivity index (χ3v) is 4.44. The fourth-order valence-corrected chi connectivity index (χ4v) is 4.02. The van der Waals surface area contributed by atoms with E-state index in [-0.39, 0.29) is 10.8 Å². The largest absolute Gasteiger partial charge is 0.310 e. The molecule has 0 bridgehead atoms. The molecule has 1 aromatic rings. The van der Waals surface area contributed by atoms with Crippen LogP contribution < -0.4 is 5.32 Å². The lowest BCUT2D eigenvalue weighted by molar-refractivity contribution is 0.0845. The molecule has 0 spiro atoms. The van der Waals surface area contributed by atoms with E-state index in [1.54, 1.807) is 6.07 Å². The van der Waals surface area contributed by atoms with E-state index >= 15 is 0 Å². The van der Waals surface area contributed by atoms with E-state index in [0.29, 0.717) is 23.4 Å². The van der Waals surface area contributed by atoms with Gasteiger partial charge in [0.1, 0.15) is 5.82 Å². The Labute approximate surface area is 126 Å². The maximum atomic E-state index is 13.4. The van der Waals surface area contributed by atoms with E-state index in [4.69, 9.17) is 11.6 Å². The first-order valence-corrected chi connectivity index (χ1v) is 7.72. The van der Waals surface area contributed by atoms with Crippen LogP contribution in [-0.4, -0.2) is 6.04 Å². The van der Waals surface area contributed by atoms with Gasteiger partial charge in [0.15, 0.2) is 0 Å². The average Bonchev–Trinajstić information content (AvgIpc) is 2.27. The number of hydrogen-bond acceptors (Lipinski definition) is 1. The normalized spacial score (nSPS) is 21.9. The topological polar surface area (TPSA) is 12.0 Å². The number of benzene rings is 1. The van der Waals surface area contributed by atoms with Crippen LogP contribution >= 0.6 is 11.6 Å². The fraction of sp³-hybridized carbons (Fsp3) is 0.647. The summed E-state index contributed by atoms with van der Waals surface area (Å²) in [6.45, 7) is 10.1. The summed E-state index contributed by atoms with van der Waals surface area (Å²) in [6.07, 6.45) is 3.60. The Morgan fingerprint density at radius 3 is 2.35 bits per heavy atom. The SMILES string of the molecule is CC1(C)CC(NCc2ccc(Cl)c(F)c2)CC(C)(C)C1. The zero-order chi connectivity index (χ0) is 15.0. The van der Waals surface area contributed by atoms with E-state index in [9.17, 15) is 4.39 Å². The second-order valence-electron chi connectivity index (χ2n) is 7.74. The van der Waals surface area contributed by atoms with Crippen LogP contribution in [0.1, 0.15) is 52.5 Å². The van der Waals surface area contributed by atoms with Gasteiger partial charge >= 0.3 is 0 Å². The summed E-state index contributed by atoms with van der Waals surface area (Å²) in [4.78, 5) is 0. The molecule has 112 valence electrons. The van der Waals surface area contributed by atoms with Gasteiger partial charge in [-0.25, -0.2) is 4.39 Å². The molecule has 1 aliphatic carbocycles. The molecule has 3 heteroatoms. The summed E-state index contributed by atoms with van der Waals surface area (Å²) in [5.74, 6) is -0.338. The van der Waals surface area contributed by atoms with Crippen LogP contribution in [0.4, 0.5) is 4.39 Å². The lowest BCUT2D eigenvalue weighted by Crippen LogP contribution is -2.43. The van der Waals surface area contributed by atoms with Crippen molar-refractivity contribution in [2.75, 3.05) is 0 Å². The second-order valence-corrected chi connectivity index (χ2v) is 8.15. The van der Waals surface area contributed by atoms with E-state index < -0.39 is 0 Å². The molecule has 0 aromatic heterocycles. The standard InChI is InChI=1S/C17H25ClFN/c1-16(2)8-13(9-17(3,4)11-16)20-10-12-5-6-14(18)15(19)7-12/h5-7,13,20H,8-11H2,1-4H3. The lowest BCUT2D eigenvalue weighted by atomic mass is 9.63. The fourth-order valence-electron chi connectivity index (χ4n) is 3.90. The van der Waals surface area contributed by atoms with Gasteiger partial charge in [-0.1, -0.05) is 45.4 Å². The lowest BCUT2D eigenvalue weighted by Gasteiger charge is -2.45. The number of nitrogens with one attached hydrogen (secondary N) is 1. The van der Waals surface area contributed by atoms with Crippen LogP contribution in [0.25, 0.3) is 0 Å². The molecule has 0 heterocycles. The van der Waals surface area contributed by atoms with E-state index in [2.05, 4.69) is 33.0 Å². The Bertz CT molecular complexity index is 466. The van der Waals surface area contributed by atoms with Crippen LogP contribution in [-0.2, 0) is 6.54 Å². The zero-order valence-electron chi connectivity index (χ0n) is 12.9. The molecule has 0 saturated heterocycles. The van der Waals surface area contributed by atoms with Crippen LogP contribution in [0, 0.1) is 16.6 Å². The van der Waals surface area contributed by atoms with Crippen molar-refractivity contribution in [3.8, 4) is 0 Å². The molecule has 0 atom stereocenters. The highest BCUT2D eigenvalue weighted by Gasteiger charge is 2.38. The zero-order valence-corrected chi connectivity index (χ0v) is 13.6. The van der Waals surface area contributed by atoms with E-state index in [0.717, 1.165) is 5.56 Å². The van der Waals surface area contributed by atoms with Crippen molar-refractivity contribution in [1.29, 1.82) is 0 Å². The quantitative estimate of drug-likeness (QED) is 0.811. The average molecular weight is 298 g/mol. The predicted molar refractivity (Wildman–Crippen MR) is 83.5 cm³/mol. The molecule has 20 heavy (non-hydrogen) atoms. The summed E-state index contributed by atoms with van der Waals surface area (Å²) >= 11 is 5.71. The Hall–Kier alpha value is -0.600. The van der Waals surface area contributed by atoms with Crippen molar-refractivity contribution in [3.05, 3.63) is 34.6 Å². The number of halogens is 2. The van der Waals surface area contributed by atoms with Crippen LogP contribution in [0.2, 0.25) is 5.02 Å². The smallest absolute Gasteiger partial charge is 0.142 e. The molecular formula is C17H25ClFN. The maximum absolute atomic E-state index is 13.4. The van der Waals surface area contributed by atoms with Gasteiger partial charge < -0.3 is 5.32 Å². The van der Waals surface area contributed by atoms with Gasteiger partial charge in [0.25, 0.3) is 0 Å². The van der Waals surface area contributed by atoms with Gasteiger partial charge in [0.05, 0.1) is 5.02 Å². The Morgan fingerprint density at radius 2 is 1.80 bits per heavy atom. The minimum Gasteiger partial charge on any atom is -0.310 e. The maximum Gasteiger partial charge on any atom is 0.142 e. The summed E-state index contributed by atoms with van der Waals surface area (Å²) in [6, 6.07) is 5.53. The van der Waals surface area contributed by atoms with Crippen molar-refractivity contribution >= 4 is 11.6 Å². The number of rotatable bonds is 3. The van der Waals surface area contributed by atoms with Gasteiger partial charge in [0.2, 0.25) is 0 Å². The minimum absolute atomic E-state index is 0.189. The van der Waals surface area contributed by atoms with Crippen LogP contribution in [0.5, 0.6) is 0 Å². The summed E-state index contributed by atoms with van der Waals surface area (Å²) in [7, 11) is 0. The predicted octanol–water partition coefficient (Wildman–Crippen LogP) is 5.17. The molecule has 1 nitrogen and oxygen atoms in total. The molecule has 1 fully saturated rings. The monoisotopic (exact) mass is 297 g/mol. The summed E-state index contributed by atoms with van der Waals surface area (Å²) < 4.78 is 13.4. The van der Waals surface area contributed by atoms with Crippen molar-refractivity contribution in [2.24, 2.45) is 10.8 Å². The van der Waals surface area contributed by atoms with Crippen molar-refractivity contribution in [1.82, 2.24) is 5.32 Å². The molecule has 0 amide bonds. The second kappa shape index (κ2) is 5.65. The highest BCUT2D eigenvalue weighted by atomic mass is 35.5. The molecule has 0 unspecified atom stereocenters.